The summed E-state index contributed by atoms with van der Waals surface area (Å²) >= 11 is 0. The standard InChI is InChI=1S/C20H29NO2/c1-12(2)18-13-6-9-16-19(3,4)21-17(23)10-11-20(16,5)14(13)7-8-15(18)22/h7-8,12,16,22H,6,9-11H2,1-5H3,(H,21,23)/t16-,20+/m0/s1. The van der Waals surface area contributed by atoms with E-state index in [1.165, 1.54) is 11.1 Å². The molecule has 0 saturated carbocycles. The van der Waals surface area contributed by atoms with Crippen LogP contribution in [0.5, 0.6) is 5.75 Å². The summed E-state index contributed by atoms with van der Waals surface area (Å²) in [6.07, 6.45) is 3.49. The van der Waals surface area contributed by atoms with Gasteiger partial charge in [0.05, 0.1) is 0 Å². The Kier molecular flexibility index (Phi) is 3.74. The van der Waals surface area contributed by atoms with Crippen LogP contribution in [0.3, 0.4) is 0 Å². The van der Waals surface area contributed by atoms with Gasteiger partial charge in [-0.3, -0.25) is 4.79 Å². The molecule has 1 aromatic rings. The number of amides is 1. The van der Waals surface area contributed by atoms with Gasteiger partial charge in [-0.2, -0.15) is 0 Å². The summed E-state index contributed by atoms with van der Waals surface area (Å²) in [5.74, 6) is 1.31. The maximum Gasteiger partial charge on any atom is 0.220 e. The largest absolute Gasteiger partial charge is 0.508 e. The number of fused-ring (bicyclic) bond motifs is 3. The van der Waals surface area contributed by atoms with Crippen LogP contribution < -0.4 is 5.32 Å². The SMILES string of the molecule is CC(C)c1c(O)ccc2c1CC[C@H]1C(C)(C)NC(=O)CC[C@]21C. The molecule has 0 bridgehead atoms. The lowest BCUT2D eigenvalue weighted by molar-refractivity contribution is -0.122. The molecule has 126 valence electrons. The summed E-state index contributed by atoms with van der Waals surface area (Å²) in [5, 5.41) is 13.6. The fourth-order valence-electron chi connectivity index (χ4n) is 5.24. The Balaban J connectivity index is 2.19. The van der Waals surface area contributed by atoms with Gasteiger partial charge in [0.2, 0.25) is 5.91 Å². The molecule has 3 rings (SSSR count). The first-order valence-electron chi connectivity index (χ1n) is 8.83. The average molecular weight is 315 g/mol. The second-order valence-electron chi connectivity index (χ2n) is 8.46. The molecule has 2 N–H and O–H groups in total. The van der Waals surface area contributed by atoms with Crippen LogP contribution in [0.15, 0.2) is 12.1 Å². The molecular weight excluding hydrogens is 286 g/mol. The number of hydrogen-bond acceptors (Lipinski definition) is 2. The van der Waals surface area contributed by atoms with Crippen molar-refractivity contribution in [1.29, 1.82) is 0 Å². The zero-order valence-corrected chi connectivity index (χ0v) is 15.0. The van der Waals surface area contributed by atoms with Gasteiger partial charge in [0.15, 0.2) is 0 Å². The van der Waals surface area contributed by atoms with Gasteiger partial charge < -0.3 is 10.4 Å². The number of benzene rings is 1. The molecule has 3 heteroatoms. The maximum absolute atomic E-state index is 12.2. The van der Waals surface area contributed by atoms with E-state index in [0.717, 1.165) is 24.8 Å². The van der Waals surface area contributed by atoms with Gasteiger partial charge in [-0.05, 0) is 73.1 Å². The van der Waals surface area contributed by atoms with E-state index in [1.54, 1.807) is 0 Å². The molecule has 1 amide bonds. The molecule has 1 heterocycles. The zero-order valence-electron chi connectivity index (χ0n) is 15.0. The topological polar surface area (TPSA) is 49.3 Å². The summed E-state index contributed by atoms with van der Waals surface area (Å²) in [4.78, 5) is 12.2. The average Bonchev–Trinajstić information content (AvgIpc) is 2.52. The van der Waals surface area contributed by atoms with E-state index in [1.807, 2.05) is 6.07 Å². The second kappa shape index (κ2) is 5.25. The maximum atomic E-state index is 12.2. The summed E-state index contributed by atoms with van der Waals surface area (Å²) in [6.45, 7) is 10.9. The van der Waals surface area contributed by atoms with Crippen LogP contribution in [0.25, 0.3) is 0 Å². The van der Waals surface area contributed by atoms with Gasteiger partial charge in [0, 0.05) is 12.0 Å². The number of rotatable bonds is 1. The smallest absolute Gasteiger partial charge is 0.220 e. The number of nitrogens with one attached hydrogen (secondary N) is 1. The number of phenols is 1. The minimum Gasteiger partial charge on any atom is -0.508 e. The van der Waals surface area contributed by atoms with Gasteiger partial charge in [-0.25, -0.2) is 0 Å². The number of aromatic hydroxyl groups is 1. The number of hydrogen-bond donors (Lipinski definition) is 2. The normalized spacial score (nSPS) is 29.5. The van der Waals surface area contributed by atoms with E-state index >= 15 is 0 Å². The van der Waals surface area contributed by atoms with Gasteiger partial charge in [-0.1, -0.05) is 26.8 Å². The molecule has 2 aliphatic rings. The third-order valence-corrected chi connectivity index (χ3v) is 6.18. The van der Waals surface area contributed by atoms with Crippen LogP contribution in [0, 0.1) is 5.92 Å². The second-order valence-corrected chi connectivity index (χ2v) is 8.46. The van der Waals surface area contributed by atoms with Crippen LogP contribution in [-0.2, 0) is 16.6 Å². The molecule has 0 aromatic heterocycles. The molecule has 3 nitrogen and oxygen atoms in total. The van der Waals surface area contributed by atoms with Crippen LogP contribution in [-0.4, -0.2) is 16.6 Å². The molecule has 0 spiro atoms. The first-order chi connectivity index (χ1) is 10.7. The van der Waals surface area contributed by atoms with Gasteiger partial charge in [0.1, 0.15) is 5.75 Å². The molecule has 0 unspecified atom stereocenters. The van der Waals surface area contributed by atoms with Crippen LogP contribution >= 0.6 is 0 Å². The molecule has 1 aromatic carbocycles. The first kappa shape index (κ1) is 16.4. The van der Waals surface area contributed by atoms with Gasteiger partial charge in [0.25, 0.3) is 0 Å². The van der Waals surface area contributed by atoms with E-state index in [0.29, 0.717) is 24.0 Å². The summed E-state index contributed by atoms with van der Waals surface area (Å²) in [7, 11) is 0. The Bertz CT molecular complexity index is 647. The fraction of sp³-hybridized carbons (Fsp3) is 0.650. The number of carbonyl (C=O) groups excluding carboxylic acids is 1. The molecule has 23 heavy (non-hydrogen) atoms. The lowest BCUT2D eigenvalue weighted by atomic mass is 9.57. The highest BCUT2D eigenvalue weighted by Gasteiger charge is 2.50. The fourth-order valence-corrected chi connectivity index (χ4v) is 5.24. The van der Waals surface area contributed by atoms with Crippen molar-refractivity contribution in [2.75, 3.05) is 0 Å². The quantitative estimate of drug-likeness (QED) is 0.822. The van der Waals surface area contributed by atoms with E-state index in [2.05, 4.69) is 46.0 Å². The number of carbonyl (C=O) groups is 1. The predicted octanol–water partition coefficient (Wildman–Crippen LogP) is 4.02. The van der Waals surface area contributed by atoms with Crippen molar-refractivity contribution in [2.24, 2.45) is 5.92 Å². The van der Waals surface area contributed by atoms with E-state index < -0.39 is 0 Å². The Morgan fingerprint density at radius 3 is 2.57 bits per heavy atom. The lowest BCUT2D eigenvalue weighted by Crippen LogP contribution is -2.54. The van der Waals surface area contributed by atoms with Crippen molar-refractivity contribution in [3.8, 4) is 5.75 Å². The molecule has 1 saturated heterocycles. The highest BCUT2D eigenvalue weighted by atomic mass is 16.3. The zero-order chi connectivity index (χ0) is 17.0. The van der Waals surface area contributed by atoms with Crippen LogP contribution in [0.4, 0.5) is 0 Å². The van der Waals surface area contributed by atoms with E-state index in [-0.39, 0.29) is 16.9 Å². The highest BCUT2D eigenvalue weighted by Crippen LogP contribution is 2.52. The van der Waals surface area contributed by atoms with Gasteiger partial charge >= 0.3 is 0 Å². The molecule has 0 radical (unpaired) electrons. The summed E-state index contributed by atoms with van der Waals surface area (Å²) in [6, 6.07) is 3.96. The minimum absolute atomic E-state index is 0.0203. The minimum atomic E-state index is -0.199. The Morgan fingerprint density at radius 2 is 1.91 bits per heavy atom. The molecule has 2 atom stereocenters. The monoisotopic (exact) mass is 315 g/mol. The Hall–Kier alpha value is -1.51. The molecule has 1 aliphatic heterocycles. The predicted molar refractivity (Wildman–Crippen MR) is 92.8 cm³/mol. The van der Waals surface area contributed by atoms with Crippen molar-refractivity contribution in [1.82, 2.24) is 5.32 Å². The third-order valence-electron chi connectivity index (χ3n) is 6.18. The highest BCUT2D eigenvalue weighted by molar-refractivity contribution is 5.77. The van der Waals surface area contributed by atoms with Crippen molar-refractivity contribution in [2.45, 2.75) is 77.2 Å². The number of phenolic OH excluding ortho intramolecular Hbond substituents is 1. The van der Waals surface area contributed by atoms with Crippen molar-refractivity contribution < 1.29 is 9.90 Å². The molecule has 1 aliphatic carbocycles. The van der Waals surface area contributed by atoms with E-state index in [9.17, 15) is 9.90 Å². The third kappa shape index (κ3) is 2.45. The van der Waals surface area contributed by atoms with Crippen molar-refractivity contribution in [3.63, 3.8) is 0 Å². The Morgan fingerprint density at radius 1 is 1.22 bits per heavy atom. The summed E-state index contributed by atoms with van der Waals surface area (Å²) in [5.41, 5.74) is 3.55. The summed E-state index contributed by atoms with van der Waals surface area (Å²) < 4.78 is 0. The van der Waals surface area contributed by atoms with Crippen LogP contribution in [0.1, 0.15) is 76.5 Å². The first-order valence-corrected chi connectivity index (χ1v) is 8.83. The Labute approximate surface area is 139 Å². The van der Waals surface area contributed by atoms with Crippen LogP contribution in [0.2, 0.25) is 0 Å². The van der Waals surface area contributed by atoms with Crippen molar-refractivity contribution in [3.05, 3.63) is 28.8 Å². The molecule has 1 fully saturated rings. The lowest BCUT2D eigenvalue weighted by Gasteiger charge is -2.49. The van der Waals surface area contributed by atoms with Crippen molar-refractivity contribution >= 4 is 5.91 Å². The molecular formula is C20H29NO2. The van der Waals surface area contributed by atoms with Gasteiger partial charge in [-0.15, -0.1) is 0 Å². The van der Waals surface area contributed by atoms with E-state index in [4.69, 9.17) is 0 Å².